The Morgan fingerprint density at radius 2 is 1.71 bits per heavy atom. The van der Waals surface area contributed by atoms with Gasteiger partial charge < -0.3 is 29.2 Å². The number of methoxy groups -OCH3 is 1. The van der Waals surface area contributed by atoms with Crippen molar-refractivity contribution in [3.8, 4) is 28.4 Å². The van der Waals surface area contributed by atoms with Crippen LogP contribution in [0.1, 0.15) is 44.2 Å². The van der Waals surface area contributed by atoms with E-state index in [1.165, 1.54) is 0 Å². The molecule has 1 saturated heterocycles. The Kier molecular flexibility index (Phi) is 7.46. The molecule has 3 N–H and O–H groups in total. The van der Waals surface area contributed by atoms with Gasteiger partial charge >= 0.3 is 0 Å². The highest BCUT2D eigenvalue weighted by Gasteiger charge is 2.22. The number of aliphatic hydroxyl groups excluding tert-OH is 1. The van der Waals surface area contributed by atoms with Gasteiger partial charge in [0.05, 0.1) is 31.7 Å². The van der Waals surface area contributed by atoms with Gasteiger partial charge in [-0.05, 0) is 60.5 Å². The maximum atomic E-state index is 10.9. The Balaban J connectivity index is 1.82. The number of anilines is 1. The number of nitrogens with one attached hydrogen (secondary N) is 1. The second-order valence-electron chi connectivity index (χ2n) is 8.82. The average Bonchev–Trinajstić information content (AvgIpc) is 3.29. The van der Waals surface area contributed by atoms with Gasteiger partial charge in [-0.15, -0.1) is 0 Å². The van der Waals surface area contributed by atoms with Gasteiger partial charge in [0.1, 0.15) is 17.7 Å². The van der Waals surface area contributed by atoms with Crippen molar-refractivity contribution in [3.05, 3.63) is 59.8 Å². The lowest BCUT2D eigenvalue weighted by Gasteiger charge is -2.29. The van der Waals surface area contributed by atoms with Gasteiger partial charge in [-0.3, -0.25) is 5.32 Å². The van der Waals surface area contributed by atoms with Gasteiger partial charge in [0.2, 0.25) is 0 Å². The summed E-state index contributed by atoms with van der Waals surface area (Å²) in [5.41, 5.74) is 5.26. The first-order valence-electron chi connectivity index (χ1n) is 11.9. The van der Waals surface area contributed by atoms with E-state index < -0.39 is 6.23 Å². The number of aromatic nitrogens is 1. The molecule has 0 saturated carbocycles. The minimum atomic E-state index is -0.845. The molecule has 34 heavy (non-hydrogen) atoms. The average molecular weight is 466 g/mol. The number of phenolic OH excluding ortho intramolecular Hbond substituents is 1. The van der Waals surface area contributed by atoms with E-state index in [2.05, 4.69) is 48.3 Å². The van der Waals surface area contributed by atoms with Crippen molar-refractivity contribution >= 4 is 5.69 Å². The second kappa shape index (κ2) is 10.5. The summed E-state index contributed by atoms with van der Waals surface area (Å²) in [4.78, 5) is 2.31. The molecule has 3 aromatic rings. The quantitative estimate of drug-likeness (QED) is 0.428. The van der Waals surface area contributed by atoms with Crippen LogP contribution in [-0.4, -0.2) is 54.7 Å². The van der Waals surface area contributed by atoms with Gasteiger partial charge in [-0.25, -0.2) is 0 Å². The largest absolute Gasteiger partial charge is 0.507 e. The molecule has 4 rings (SSSR count). The number of phenols is 1. The Morgan fingerprint density at radius 1 is 1.03 bits per heavy atom. The fraction of sp³-hybridized carbons (Fsp3) is 0.407. The highest BCUT2D eigenvalue weighted by atomic mass is 16.5. The number of ether oxygens (including phenoxy) is 2. The van der Waals surface area contributed by atoms with Gasteiger partial charge in [0.25, 0.3) is 0 Å². The number of nitrogens with zero attached hydrogens (tertiary/aromatic N) is 2. The predicted molar refractivity (Wildman–Crippen MR) is 135 cm³/mol. The molecule has 2 aromatic carbocycles. The first kappa shape index (κ1) is 24.1. The van der Waals surface area contributed by atoms with Crippen LogP contribution >= 0.6 is 0 Å². The van der Waals surface area contributed by atoms with Crippen LogP contribution in [0.3, 0.4) is 0 Å². The molecule has 0 radical (unpaired) electrons. The summed E-state index contributed by atoms with van der Waals surface area (Å²) in [6, 6.07) is 15.8. The zero-order valence-electron chi connectivity index (χ0n) is 20.4. The molecule has 0 aliphatic carbocycles. The van der Waals surface area contributed by atoms with Crippen LogP contribution in [0.2, 0.25) is 0 Å². The molecular formula is C27H35N3O4. The molecule has 0 amide bonds. The van der Waals surface area contributed by atoms with E-state index in [0.29, 0.717) is 23.6 Å². The molecule has 2 heterocycles. The topological polar surface area (TPSA) is 79.1 Å². The minimum Gasteiger partial charge on any atom is -0.507 e. The maximum Gasteiger partial charge on any atom is 0.146 e. The van der Waals surface area contributed by atoms with Crippen molar-refractivity contribution < 1.29 is 19.7 Å². The van der Waals surface area contributed by atoms with Crippen LogP contribution in [0.25, 0.3) is 16.9 Å². The lowest BCUT2D eigenvalue weighted by atomic mass is 9.97. The van der Waals surface area contributed by atoms with E-state index in [-0.39, 0.29) is 11.7 Å². The molecule has 1 unspecified atom stereocenters. The zero-order chi connectivity index (χ0) is 24.2. The summed E-state index contributed by atoms with van der Waals surface area (Å²) in [5, 5.41) is 24.9. The summed E-state index contributed by atoms with van der Waals surface area (Å²) in [6.45, 7) is 9.99. The van der Waals surface area contributed by atoms with Gasteiger partial charge in [-0.2, -0.15) is 0 Å². The second-order valence-corrected chi connectivity index (χ2v) is 8.82. The standard InChI is InChI=1S/C27H35N3O4/c1-5-28-27(32)24-11-10-23(22-16-21(18(2)3)26(33-4)17-25(22)31)30(24)20-8-6-19(7-9-20)29-12-14-34-15-13-29/h6-11,16-18,27-28,31-32H,5,12-15H2,1-4H3. The first-order valence-corrected chi connectivity index (χ1v) is 11.9. The fourth-order valence-electron chi connectivity index (χ4n) is 4.52. The molecule has 7 nitrogen and oxygen atoms in total. The SMILES string of the molecule is CCNC(O)c1ccc(-c2cc(C(C)C)c(OC)cc2O)n1-c1ccc(N2CCOCC2)cc1. The number of aliphatic hydroxyl groups is 1. The van der Waals surface area contributed by atoms with Crippen LogP contribution in [0.4, 0.5) is 5.69 Å². The number of aromatic hydroxyl groups is 1. The van der Waals surface area contributed by atoms with Crippen LogP contribution in [-0.2, 0) is 4.74 Å². The van der Waals surface area contributed by atoms with Crippen LogP contribution in [0.5, 0.6) is 11.5 Å². The van der Waals surface area contributed by atoms with Crippen molar-refractivity contribution in [2.24, 2.45) is 0 Å². The van der Waals surface area contributed by atoms with Crippen molar-refractivity contribution in [2.45, 2.75) is 32.9 Å². The molecule has 0 bridgehead atoms. The maximum absolute atomic E-state index is 10.9. The number of hydrogen-bond donors (Lipinski definition) is 3. The third kappa shape index (κ3) is 4.78. The van der Waals surface area contributed by atoms with Crippen LogP contribution < -0.4 is 15.0 Å². The molecule has 0 spiro atoms. The summed E-state index contributed by atoms with van der Waals surface area (Å²) in [5.74, 6) is 1.02. The minimum absolute atomic E-state index is 0.134. The van der Waals surface area contributed by atoms with Crippen molar-refractivity contribution in [2.75, 3.05) is 44.9 Å². The normalized spacial score (nSPS) is 15.1. The fourth-order valence-corrected chi connectivity index (χ4v) is 4.52. The Morgan fingerprint density at radius 3 is 2.32 bits per heavy atom. The molecule has 7 heteroatoms. The molecule has 1 fully saturated rings. The van der Waals surface area contributed by atoms with E-state index in [0.717, 1.165) is 48.9 Å². The monoisotopic (exact) mass is 465 g/mol. The molecule has 182 valence electrons. The molecular weight excluding hydrogens is 430 g/mol. The Labute approximate surface area is 201 Å². The third-order valence-electron chi connectivity index (χ3n) is 6.32. The van der Waals surface area contributed by atoms with Crippen LogP contribution in [0, 0.1) is 0 Å². The smallest absolute Gasteiger partial charge is 0.146 e. The molecule has 1 aromatic heterocycles. The predicted octanol–water partition coefficient (Wildman–Crippen LogP) is 4.42. The Bertz CT molecular complexity index is 1100. The number of hydrogen-bond acceptors (Lipinski definition) is 6. The van der Waals surface area contributed by atoms with Gasteiger partial charge in [0, 0.05) is 36.1 Å². The van der Waals surface area contributed by atoms with Crippen molar-refractivity contribution in [3.63, 3.8) is 0 Å². The molecule has 1 aliphatic heterocycles. The van der Waals surface area contributed by atoms with Gasteiger partial charge in [0.15, 0.2) is 0 Å². The van der Waals surface area contributed by atoms with E-state index >= 15 is 0 Å². The number of benzene rings is 2. The third-order valence-corrected chi connectivity index (χ3v) is 6.32. The highest BCUT2D eigenvalue weighted by Crippen LogP contribution is 2.40. The van der Waals surface area contributed by atoms with Crippen molar-refractivity contribution in [1.82, 2.24) is 9.88 Å². The summed E-state index contributed by atoms with van der Waals surface area (Å²) >= 11 is 0. The van der Waals surface area contributed by atoms with E-state index in [4.69, 9.17) is 9.47 Å². The van der Waals surface area contributed by atoms with Gasteiger partial charge in [-0.1, -0.05) is 20.8 Å². The van der Waals surface area contributed by atoms with Crippen molar-refractivity contribution in [1.29, 1.82) is 0 Å². The highest BCUT2D eigenvalue weighted by molar-refractivity contribution is 5.73. The zero-order valence-corrected chi connectivity index (χ0v) is 20.4. The Hall–Kier alpha value is -3.00. The first-order chi connectivity index (χ1) is 16.4. The van der Waals surface area contributed by atoms with E-state index in [1.54, 1.807) is 13.2 Å². The lowest BCUT2D eigenvalue weighted by Crippen LogP contribution is -2.36. The van der Waals surface area contributed by atoms with E-state index in [1.807, 2.05) is 29.7 Å². The number of morpholine rings is 1. The lowest BCUT2D eigenvalue weighted by molar-refractivity contribution is 0.122. The summed E-state index contributed by atoms with van der Waals surface area (Å²) in [7, 11) is 1.62. The van der Waals surface area contributed by atoms with E-state index in [9.17, 15) is 10.2 Å². The molecule has 1 atom stereocenters. The summed E-state index contributed by atoms with van der Waals surface area (Å²) in [6.07, 6.45) is -0.845. The number of rotatable bonds is 8. The molecule has 1 aliphatic rings. The summed E-state index contributed by atoms with van der Waals surface area (Å²) < 4.78 is 13.0. The van der Waals surface area contributed by atoms with Crippen LogP contribution in [0.15, 0.2) is 48.5 Å².